The van der Waals surface area contributed by atoms with E-state index in [2.05, 4.69) is 34.0 Å². The lowest BCUT2D eigenvalue weighted by Crippen LogP contribution is -2.22. The number of ether oxygens (including phenoxy) is 3. The summed E-state index contributed by atoms with van der Waals surface area (Å²) < 4.78 is 18.7. The molecule has 1 aliphatic rings. The van der Waals surface area contributed by atoms with E-state index in [0.29, 0.717) is 6.61 Å². The van der Waals surface area contributed by atoms with Crippen LogP contribution in [0.5, 0.6) is 11.5 Å². The molecule has 5 heteroatoms. The second kappa shape index (κ2) is 7.14. The van der Waals surface area contributed by atoms with Crippen molar-refractivity contribution >= 4 is 5.69 Å². The SMILES string of the molecule is COc1ccc(-n2ccc(C3OCCN3c3cccc(OC)c3)c2)cc1. The molecule has 5 nitrogen and oxygen atoms in total. The van der Waals surface area contributed by atoms with Crippen molar-refractivity contribution in [3.63, 3.8) is 0 Å². The van der Waals surface area contributed by atoms with Crippen LogP contribution in [0, 0.1) is 0 Å². The monoisotopic (exact) mass is 350 g/mol. The molecule has 0 spiro atoms. The Morgan fingerprint density at radius 2 is 1.73 bits per heavy atom. The second-order valence-corrected chi connectivity index (χ2v) is 6.17. The van der Waals surface area contributed by atoms with Crippen LogP contribution in [0.25, 0.3) is 5.69 Å². The predicted octanol–water partition coefficient (Wildman–Crippen LogP) is 4.03. The van der Waals surface area contributed by atoms with Crippen LogP contribution in [-0.2, 0) is 4.74 Å². The van der Waals surface area contributed by atoms with Crippen LogP contribution < -0.4 is 14.4 Å². The molecule has 0 amide bonds. The van der Waals surface area contributed by atoms with Gasteiger partial charge in [0.2, 0.25) is 0 Å². The molecule has 1 saturated heterocycles. The molecule has 0 aliphatic carbocycles. The van der Waals surface area contributed by atoms with E-state index in [1.165, 1.54) is 0 Å². The maximum atomic E-state index is 6.02. The van der Waals surface area contributed by atoms with Crippen molar-refractivity contribution in [1.82, 2.24) is 4.57 Å². The molecule has 0 saturated carbocycles. The van der Waals surface area contributed by atoms with Crippen molar-refractivity contribution in [3.05, 3.63) is 72.6 Å². The van der Waals surface area contributed by atoms with Gasteiger partial charge < -0.3 is 23.7 Å². The fraction of sp³-hybridized carbons (Fsp3) is 0.238. The summed E-state index contributed by atoms with van der Waals surface area (Å²) in [6, 6.07) is 18.2. The number of benzene rings is 2. The first-order valence-corrected chi connectivity index (χ1v) is 8.63. The normalized spacial score (nSPS) is 16.7. The lowest BCUT2D eigenvalue weighted by Gasteiger charge is -2.25. The molecule has 0 radical (unpaired) electrons. The van der Waals surface area contributed by atoms with Crippen molar-refractivity contribution in [2.24, 2.45) is 0 Å². The van der Waals surface area contributed by atoms with Crippen molar-refractivity contribution in [3.8, 4) is 17.2 Å². The van der Waals surface area contributed by atoms with E-state index in [-0.39, 0.29) is 6.23 Å². The Hall–Kier alpha value is -2.92. The molecular weight excluding hydrogens is 328 g/mol. The highest BCUT2D eigenvalue weighted by Gasteiger charge is 2.28. The number of hydrogen-bond donors (Lipinski definition) is 0. The molecule has 1 aromatic heterocycles. The van der Waals surface area contributed by atoms with Gasteiger partial charge >= 0.3 is 0 Å². The summed E-state index contributed by atoms with van der Waals surface area (Å²) in [5.74, 6) is 1.70. The molecule has 0 bridgehead atoms. The summed E-state index contributed by atoms with van der Waals surface area (Å²) in [4.78, 5) is 2.26. The largest absolute Gasteiger partial charge is 0.497 e. The van der Waals surface area contributed by atoms with Gasteiger partial charge in [0.05, 0.1) is 20.8 Å². The number of hydrogen-bond acceptors (Lipinski definition) is 4. The second-order valence-electron chi connectivity index (χ2n) is 6.17. The molecule has 26 heavy (non-hydrogen) atoms. The fourth-order valence-corrected chi connectivity index (χ4v) is 3.27. The van der Waals surface area contributed by atoms with Gasteiger partial charge in [-0.05, 0) is 42.5 Å². The van der Waals surface area contributed by atoms with Crippen LogP contribution in [-0.4, -0.2) is 31.9 Å². The van der Waals surface area contributed by atoms with Gasteiger partial charge in [0, 0.05) is 41.9 Å². The first-order valence-electron chi connectivity index (χ1n) is 8.63. The molecule has 2 heterocycles. The highest BCUT2D eigenvalue weighted by molar-refractivity contribution is 5.53. The molecule has 134 valence electrons. The maximum absolute atomic E-state index is 6.02. The van der Waals surface area contributed by atoms with Gasteiger partial charge in [0.1, 0.15) is 11.5 Å². The standard InChI is InChI=1S/C21H22N2O3/c1-24-19-8-6-17(7-9-19)22-11-10-16(15-22)21-23(12-13-26-21)18-4-3-5-20(14-18)25-2/h3-11,14-15,21H,12-13H2,1-2H3. The molecular formula is C21H22N2O3. The third kappa shape index (κ3) is 3.13. The van der Waals surface area contributed by atoms with Gasteiger partial charge in [-0.25, -0.2) is 0 Å². The predicted molar refractivity (Wildman–Crippen MR) is 101 cm³/mol. The molecule has 1 atom stereocenters. The first kappa shape index (κ1) is 16.5. The molecule has 1 aliphatic heterocycles. The lowest BCUT2D eigenvalue weighted by atomic mass is 10.2. The number of nitrogens with zero attached hydrogens (tertiary/aromatic N) is 2. The van der Waals surface area contributed by atoms with E-state index >= 15 is 0 Å². The van der Waals surface area contributed by atoms with E-state index < -0.39 is 0 Å². The Kier molecular flexibility index (Phi) is 4.54. The van der Waals surface area contributed by atoms with Crippen molar-refractivity contribution < 1.29 is 14.2 Å². The molecule has 1 fully saturated rings. The summed E-state index contributed by atoms with van der Waals surface area (Å²) in [6.45, 7) is 1.56. The van der Waals surface area contributed by atoms with Gasteiger partial charge in [-0.3, -0.25) is 0 Å². The van der Waals surface area contributed by atoms with Gasteiger partial charge in [0.15, 0.2) is 6.23 Å². The van der Waals surface area contributed by atoms with Crippen molar-refractivity contribution in [2.75, 3.05) is 32.3 Å². The molecule has 1 unspecified atom stereocenters. The minimum absolute atomic E-state index is 0.0957. The fourth-order valence-electron chi connectivity index (χ4n) is 3.27. The minimum Gasteiger partial charge on any atom is -0.497 e. The van der Waals surface area contributed by atoms with Crippen molar-refractivity contribution in [1.29, 1.82) is 0 Å². The topological polar surface area (TPSA) is 35.9 Å². The van der Waals surface area contributed by atoms with E-state index in [0.717, 1.165) is 35.0 Å². The van der Waals surface area contributed by atoms with E-state index in [9.17, 15) is 0 Å². The molecule has 4 rings (SSSR count). The highest BCUT2D eigenvalue weighted by Crippen LogP contribution is 2.34. The Labute approximate surface area is 153 Å². The summed E-state index contributed by atoms with van der Waals surface area (Å²) >= 11 is 0. The number of aromatic nitrogens is 1. The summed E-state index contributed by atoms with van der Waals surface area (Å²) in [5.41, 5.74) is 3.31. The Morgan fingerprint density at radius 1 is 0.923 bits per heavy atom. The van der Waals surface area contributed by atoms with Gasteiger partial charge in [-0.2, -0.15) is 0 Å². The van der Waals surface area contributed by atoms with Crippen LogP contribution in [0.3, 0.4) is 0 Å². The zero-order valence-corrected chi connectivity index (χ0v) is 15.0. The van der Waals surface area contributed by atoms with Crippen LogP contribution >= 0.6 is 0 Å². The summed E-state index contributed by atoms with van der Waals surface area (Å²) in [7, 11) is 3.36. The summed E-state index contributed by atoms with van der Waals surface area (Å²) in [6.07, 6.45) is 4.08. The van der Waals surface area contributed by atoms with Gasteiger partial charge in [-0.1, -0.05) is 6.07 Å². The highest BCUT2D eigenvalue weighted by atomic mass is 16.5. The molecule has 3 aromatic rings. The Balaban J connectivity index is 1.59. The molecule has 0 N–H and O–H groups in total. The van der Waals surface area contributed by atoms with Gasteiger partial charge in [0.25, 0.3) is 0 Å². The quantitative estimate of drug-likeness (QED) is 0.696. The van der Waals surface area contributed by atoms with Crippen LogP contribution in [0.2, 0.25) is 0 Å². The molecule has 2 aromatic carbocycles. The first-order chi connectivity index (χ1) is 12.8. The van der Waals surface area contributed by atoms with E-state index in [4.69, 9.17) is 14.2 Å². The third-order valence-electron chi connectivity index (χ3n) is 4.65. The Morgan fingerprint density at radius 3 is 2.50 bits per heavy atom. The Bertz CT molecular complexity index is 873. The van der Waals surface area contributed by atoms with Crippen molar-refractivity contribution in [2.45, 2.75) is 6.23 Å². The number of rotatable bonds is 5. The average Bonchev–Trinajstić information content (AvgIpc) is 3.37. The van der Waals surface area contributed by atoms with Crippen LogP contribution in [0.4, 0.5) is 5.69 Å². The average molecular weight is 350 g/mol. The zero-order valence-electron chi connectivity index (χ0n) is 15.0. The van der Waals surface area contributed by atoms with Gasteiger partial charge in [-0.15, -0.1) is 0 Å². The van der Waals surface area contributed by atoms with E-state index in [1.807, 2.05) is 42.5 Å². The number of methoxy groups -OCH3 is 2. The lowest BCUT2D eigenvalue weighted by molar-refractivity contribution is 0.114. The van der Waals surface area contributed by atoms with Crippen LogP contribution in [0.1, 0.15) is 11.8 Å². The van der Waals surface area contributed by atoms with E-state index in [1.54, 1.807) is 14.2 Å². The third-order valence-corrected chi connectivity index (χ3v) is 4.65. The minimum atomic E-state index is -0.0957. The smallest absolute Gasteiger partial charge is 0.158 e. The summed E-state index contributed by atoms with van der Waals surface area (Å²) in [5, 5.41) is 0. The zero-order chi connectivity index (χ0) is 17.9. The van der Waals surface area contributed by atoms with Crippen LogP contribution in [0.15, 0.2) is 67.0 Å². The number of anilines is 1. The maximum Gasteiger partial charge on any atom is 0.158 e.